The number of phenols is 1. The van der Waals surface area contributed by atoms with Gasteiger partial charge in [-0.05, 0) is 36.2 Å². The number of rotatable bonds is 7. The predicted molar refractivity (Wildman–Crippen MR) is 108 cm³/mol. The van der Waals surface area contributed by atoms with Crippen molar-refractivity contribution in [3.05, 3.63) is 76.4 Å². The van der Waals surface area contributed by atoms with Gasteiger partial charge in [0.2, 0.25) is 17.8 Å². The molecule has 0 radical (unpaired) electrons. The summed E-state index contributed by atoms with van der Waals surface area (Å²) in [5, 5.41) is 28.2. The third-order valence-electron chi connectivity index (χ3n) is 4.77. The minimum Gasteiger partial charge on any atom is -0.506 e. The molecule has 0 spiro atoms. The number of benzene rings is 2. The molecule has 0 saturated heterocycles. The summed E-state index contributed by atoms with van der Waals surface area (Å²) >= 11 is 0. The molecular formula is C21H20N4O4. The molecule has 8 heteroatoms. The first kappa shape index (κ1) is 18.9. The molecule has 0 aliphatic heterocycles. The molecular weight excluding hydrogens is 372 g/mol. The average Bonchev–Trinajstić information content (AvgIpc) is 3.27. The normalized spacial score (nSPS) is 12.3. The molecule has 2 aromatic carbocycles. The fourth-order valence-corrected chi connectivity index (χ4v) is 3.25. The van der Waals surface area contributed by atoms with Crippen LogP contribution in [0.25, 0.3) is 22.3 Å². The van der Waals surface area contributed by atoms with Crippen LogP contribution in [0.1, 0.15) is 17.2 Å². The van der Waals surface area contributed by atoms with Crippen LogP contribution in [-0.4, -0.2) is 38.4 Å². The number of aromatic hydroxyl groups is 1. The van der Waals surface area contributed by atoms with Crippen molar-refractivity contribution >= 4 is 10.9 Å². The highest BCUT2D eigenvalue weighted by Gasteiger charge is 2.13. The van der Waals surface area contributed by atoms with Crippen LogP contribution >= 0.6 is 0 Å². The standard InChI is InChI=1S/C21H20N4O4/c26-17-7-5-15(16-6-8-19(28)24-20(16)17)18(27)11-22-10-9-13-1-3-14(4-2-13)21-23-12-29-25-21/h1-8,12,18,22,26-27H,9-11H2,(H,24,28)/t18-/m0/s1. The average molecular weight is 392 g/mol. The zero-order chi connectivity index (χ0) is 20.2. The molecule has 0 aliphatic rings. The maximum atomic E-state index is 11.5. The van der Waals surface area contributed by atoms with Crippen LogP contribution in [0.2, 0.25) is 0 Å². The lowest BCUT2D eigenvalue weighted by Crippen LogP contribution is -2.24. The smallest absolute Gasteiger partial charge is 0.248 e. The van der Waals surface area contributed by atoms with Gasteiger partial charge in [-0.15, -0.1) is 0 Å². The van der Waals surface area contributed by atoms with Gasteiger partial charge in [-0.25, -0.2) is 0 Å². The molecule has 0 unspecified atom stereocenters. The Kier molecular flexibility index (Phi) is 5.37. The molecule has 148 valence electrons. The first-order valence-electron chi connectivity index (χ1n) is 9.21. The van der Waals surface area contributed by atoms with E-state index in [0.717, 1.165) is 17.5 Å². The number of fused-ring (bicyclic) bond motifs is 1. The van der Waals surface area contributed by atoms with Gasteiger partial charge in [-0.1, -0.05) is 35.5 Å². The van der Waals surface area contributed by atoms with Gasteiger partial charge in [0.1, 0.15) is 5.75 Å². The lowest BCUT2D eigenvalue weighted by atomic mass is 10.0. The molecule has 1 atom stereocenters. The Balaban J connectivity index is 1.35. The Morgan fingerprint density at radius 1 is 1.10 bits per heavy atom. The quantitative estimate of drug-likeness (QED) is 0.355. The lowest BCUT2D eigenvalue weighted by Gasteiger charge is -2.15. The molecule has 2 heterocycles. The van der Waals surface area contributed by atoms with Crippen molar-refractivity contribution in [3.8, 4) is 17.1 Å². The fraction of sp³-hybridized carbons (Fsp3) is 0.190. The maximum Gasteiger partial charge on any atom is 0.248 e. The molecule has 4 aromatic rings. The summed E-state index contributed by atoms with van der Waals surface area (Å²) in [5.74, 6) is 0.533. The number of H-pyrrole nitrogens is 1. The SMILES string of the molecule is O=c1ccc2c([C@@H](O)CNCCc3ccc(-c4ncon4)cc3)ccc(O)c2[nH]1. The summed E-state index contributed by atoms with van der Waals surface area (Å²) in [7, 11) is 0. The van der Waals surface area contributed by atoms with Crippen LogP contribution < -0.4 is 10.9 Å². The summed E-state index contributed by atoms with van der Waals surface area (Å²) in [5.41, 5.74) is 2.71. The predicted octanol–water partition coefficient (Wildman–Crippen LogP) is 2.15. The number of pyridine rings is 1. The molecule has 0 aliphatic carbocycles. The Morgan fingerprint density at radius 3 is 2.69 bits per heavy atom. The van der Waals surface area contributed by atoms with Crippen LogP contribution in [0.4, 0.5) is 0 Å². The number of aliphatic hydroxyl groups is 1. The van der Waals surface area contributed by atoms with Gasteiger partial charge < -0.3 is 25.0 Å². The summed E-state index contributed by atoms with van der Waals surface area (Å²) in [6.45, 7) is 1.03. The second kappa shape index (κ2) is 8.26. The molecule has 4 rings (SSSR count). The highest BCUT2D eigenvalue weighted by atomic mass is 16.5. The van der Waals surface area contributed by atoms with Gasteiger partial charge in [0, 0.05) is 23.6 Å². The van der Waals surface area contributed by atoms with Crippen molar-refractivity contribution in [2.45, 2.75) is 12.5 Å². The number of aromatic amines is 1. The number of hydrogen-bond donors (Lipinski definition) is 4. The molecule has 0 amide bonds. The molecule has 8 nitrogen and oxygen atoms in total. The Morgan fingerprint density at radius 2 is 1.93 bits per heavy atom. The number of nitrogens with one attached hydrogen (secondary N) is 2. The molecule has 2 aromatic heterocycles. The highest BCUT2D eigenvalue weighted by Crippen LogP contribution is 2.28. The van der Waals surface area contributed by atoms with Crippen molar-refractivity contribution in [1.82, 2.24) is 20.4 Å². The monoisotopic (exact) mass is 392 g/mol. The number of aromatic nitrogens is 3. The van der Waals surface area contributed by atoms with Crippen LogP contribution in [-0.2, 0) is 6.42 Å². The van der Waals surface area contributed by atoms with E-state index < -0.39 is 6.10 Å². The number of phenolic OH excluding ortho intramolecular Hbond substituents is 1. The zero-order valence-electron chi connectivity index (χ0n) is 15.5. The van der Waals surface area contributed by atoms with E-state index in [0.29, 0.717) is 35.4 Å². The summed E-state index contributed by atoms with van der Waals surface area (Å²) in [6, 6.07) is 14.0. The van der Waals surface area contributed by atoms with Gasteiger partial charge in [0.25, 0.3) is 0 Å². The van der Waals surface area contributed by atoms with E-state index in [9.17, 15) is 15.0 Å². The summed E-state index contributed by atoms with van der Waals surface area (Å²) in [4.78, 5) is 18.1. The second-order valence-electron chi connectivity index (χ2n) is 6.71. The lowest BCUT2D eigenvalue weighted by molar-refractivity contribution is 0.176. The van der Waals surface area contributed by atoms with Crippen LogP contribution in [0, 0.1) is 0 Å². The first-order chi connectivity index (χ1) is 14.1. The van der Waals surface area contributed by atoms with Crippen LogP contribution in [0.3, 0.4) is 0 Å². The van der Waals surface area contributed by atoms with E-state index in [1.807, 2.05) is 24.3 Å². The van der Waals surface area contributed by atoms with E-state index in [-0.39, 0.29) is 11.3 Å². The van der Waals surface area contributed by atoms with Gasteiger partial charge >= 0.3 is 0 Å². The Hall–Kier alpha value is -3.49. The van der Waals surface area contributed by atoms with Crippen LogP contribution in [0.5, 0.6) is 5.75 Å². The van der Waals surface area contributed by atoms with Crippen molar-refractivity contribution in [3.63, 3.8) is 0 Å². The third kappa shape index (κ3) is 4.18. The Bertz CT molecular complexity index is 1150. The molecule has 29 heavy (non-hydrogen) atoms. The topological polar surface area (TPSA) is 124 Å². The molecule has 4 N–H and O–H groups in total. The van der Waals surface area contributed by atoms with Crippen LogP contribution in [0.15, 0.2) is 64.2 Å². The summed E-state index contributed by atoms with van der Waals surface area (Å²) in [6.07, 6.45) is 1.32. The largest absolute Gasteiger partial charge is 0.506 e. The van der Waals surface area contributed by atoms with Gasteiger partial charge in [-0.2, -0.15) is 4.98 Å². The fourth-order valence-electron chi connectivity index (χ4n) is 3.25. The van der Waals surface area contributed by atoms with Gasteiger partial charge in [-0.3, -0.25) is 4.79 Å². The van der Waals surface area contributed by atoms with E-state index in [1.165, 1.54) is 18.5 Å². The number of nitrogens with zero attached hydrogens (tertiary/aromatic N) is 2. The zero-order valence-corrected chi connectivity index (χ0v) is 15.5. The Labute approximate surface area is 165 Å². The van der Waals surface area contributed by atoms with Crippen molar-refractivity contribution in [2.75, 3.05) is 13.1 Å². The highest BCUT2D eigenvalue weighted by molar-refractivity contribution is 5.87. The number of aliphatic hydroxyl groups excluding tert-OH is 1. The molecule has 0 saturated carbocycles. The van der Waals surface area contributed by atoms with Gasteiger partial charge in [0.15, 0.2) is 0 Å². The second-order valence-corrected chi connectivity index (χ2v) is 6.71. The minimum atomic E-state index is -0.774. The van der Waals surface area contributed by atoms with Crippen molar-refractivity contribution in [2.24, 2.45) is 0 Å². The van der Waals surface area contributed by atoms with E-state index in [2.05, 4.69) is 20.4 Å². The molecule has 0 bridgehead atoms. The minimum absolute atomic E-state index is 0.0223. The van der Waals surface area contributed by atoms with Crippen molar-refractivity contribution < 1.29 is 14.7 Å². The van der Waals surface area contributed by atoms with Crippen molar-refractivity contribution in [1.29, 1.82) is 0 Å². The van der Waals surface area contributed by atoms with E-state index in [4.69, 9.17) is 4.52 Å². The van der Waals surface area contributed by atoms with Gasteiger partial charge in [0.05, 0.1) is 11.6 Å². The summed E-state index contributed by atoms with van der Waals surface area (Å²) < 4.78 is 4.75. The maximum absolute atomic E-state index is 11.5. The first-order valence-corrected chi connectivity index (χ1v) is 9.21. The third-order valence-corrected chi connectivity index (χ3v) is 4.77. The number of hydrogen-bond acceptors (Lipinski definition) is 7. The molecule has 0 fully saturated rings. The van der Waals surface area contributed by atoms with E-state index in [1.54, 1.807) is 12.1 Å². The van der Waals surface area contributed by atoms with E-state index >= 15 is 0 Å².